The van der Waals surface area contributed by atoms with E-state index in [9.17, 15) is 0 Å². The Labute approximate surface area is 359 Å². The summed E-state index contributed by atoms with van der Waals surface area (Å²) in [5.41, 5.74) is 20.7. The standard InChI is InChI=1S/C59H36N2O/c1-2-16-37(17-3-1)38-18-14-19-39(34-38)53-36-54(46-26-15-31-56-57(46)47-25-9-13-30-55(47)62-56)61-58(60-53)40-32-33-52-48(35-40)45-24-8-12-29-51(45)59(52)49-27-10-6-22-43(49)41-20-4-5-21-42(41)44-23-7-11-28-50(44)59/h1-36H. The van der Waals surface area contributed by atoms with Crippen LogP contribution in [0.5, 0.6) is 0 Å². The number of para-hydroxylation sites is 1. The summed E-state index contributed by atoms with van der Waals surface area (Å²) in [7, 11) is 0. The highest BCUT2D eigenvalue weighted by Gasteiger charge is 2.49. The molecule has 62 heavy (non-hydrogen) atoms. The van der Waals surface area contributed by atoms with Crippen LogP contribution in [0.25, 0.3) is 100 Å². The van der Waals surface area contributed by atoms with Gasteiger partial charge in [-0.25, -0.2) is 9.97 Å². The molecule has 11 aromatic rings. The SMILES string of the molecule is c1ccc(-c2cccc(-c3cc(-c4cccc5oc6ccccc6c45)nc(-c4ccc5c(c4)-c4ccccc4C54c5ccccc5-c5ccccc5-c5ccccc54)n3)c2)cc1. The number of furan rings is 1. The van der Waals surface area contributed by atoms with Crippen LogP contribution in [0.3, 0.4) is 0 Å². The number of nitrogens with zero attached hydrogens (tertiary/aromatic N) is 2. The monoisotopic (exact) mass is 788 g/mol. The Hall–Kier alpha value is -8.14. The maximum absolute atomic E-state index is 6.38. The number of hydrogen-bond acceptors (Lipinski definition) is 3. The van der Waals surface area contributed by atoms with Gasteiger partial charge < -0.3 is 4.42 Å². The molecule has 0 saturated carbocycles. The van der Waals surface area contributed by atoms with Gasteiger partial charge in [-0.15, -0.1) is 0 Å². The highest BCUT2D eigenvalue weighted by atomic mass is 16.3. The van der Waals surface area contributed by atoms with E-state index in [0.29, 0.717) is 5.82 Å². The Morgan fingerprint density at radius 1 is 0.306 bits per heavy atom. The van der Waals surface area contributed by atoms with Gasteiger partial charge in [-0.1, -0.05) is 188 Å². The number of rotatable bonds is 4. The molecule has 2 aromatic heterocycles. The van der Waals surface area contributed by atoms with Crippen molar-refractivity contribution in [2.24, 2.45) is 0 Å². The molecule has 0 saturated heterocycles. The fourth-order valence-electron chi connectivity index (χ4n) is 10.5. The smallest absolute Gasteiger partial charge is 0.160 e. The topological polar surface area (TPSA) is 38.9 Å². The lowest BCUT2D eigenvalue weighted by molar-refractivity contribution is 0.669. The van der Waals surface area contributed by atoms with Crippen LogP contribution < -0.4 is 0 Å². The first-order chi connectivity index (χ1) is 30.7. The summed E-state index contributed by atoms with van der Waals surface area (Å²) >= 11 is 0. The van der Waals surface area contributed by atoms with Crippen LogP contribution in [0.15, 0.2) is 223 Å². The molecule has 2 aliphatic rings. The molecule has 0 fully saturated rings. The van der Waals surface area contributed by atoms with Crippen molar-refractivity contribution < 1.29 is 4.42 Å². The van der Waals surface area contributed by atoms with Crippen LogP contribution in [-0.2, 0) is 5.41 Å². The summed E-state index contributed by atoms with van der Waals surface area (Å²) < 4.78 is 6.38. The van der Waals surface area contributed by atoms with Gasteiger partial charge in [0.1, 0.15) is 11.2 Å². The van der Waals surface area contributed by atoms with Crippen LogP contribution in [0.2, 0.25) is 0 Å². The molecule has 13 rings (SSSR count). The minimum atomic E-state index is -0.555. The van der Waals surface area contributed by atoms with E-state index in [2.05, 4.69) is 200 Å². The van der Waals surface area contributed by atoms with Crippen LogP contribution in [-0.4, -0.2) is 9.97 Å². The second kappa shape index (κ2) is 13.4. The average Bonchev–Trinajstić information content (AvgIpc) is 3.84. The van der Waals surface area contributed by atoms with Gasteiger partial charge in [-0.2, -0.15) is 0 Å². The molecule has 0 amide bonds. The summed E-state index contributed by atoms with van der Waals surface area (Å²) in [6.45, 7) is 0. The molecule has 0 radical (unpaired) electrons. The van der Waals surface area contributed by atoms with Crippen molar-refractivity contribution in [2.45, 2.75) is 5.41 Å². The van der Waals surface area contributed by atoms with Crippen molar-refractivity contribution in [1.29, 1.82) is 0 Å². The first-order valence-corrected chi connectivity index (χ1v) is 21.2. The number of aromatic nitrogens is 2. The van der Waals surface area contributed by atoms with E-state index >= 15 is 0 Å². The first kappa shape index (κ1) is 34.7. The third kappa shape index (κ3) is 5.00. The Balaban J connectivity index is 1.07. The predicted octanol–water partition coefficient (Wildman–Crippen LogP) is 15.1. The van der Waals surface area contributed by atoms with E-state index < -0.39 is 5.41 Å². The second-order valence-electron chi connectivity index (χ2n) is 16.4. The Kier molecular flexibility index (Phi) is 7.52. The molecule has 2 heterocycles. The summed E-state index contributed by atoms with van der Waals surface area (Å²) in [4.78, 5) is 10.9. The molecule has 0 atom stereocenters. The lowest BCUT2D eigenvalue weighted by atomic mass is 9.66. The van der Waals surface area contributed by atoms with Crippen LogP contribution in [0.1, 0.15) is 22.3 Å². The summed E-state index contributed by atoms with van der Waals surface area (Å²) in [6.07, 6.45) is 0. The fraction of sp³-hybridized carbons (Fsp3) is 0.0169. The Morgan fingerprint density at radius 2 is 0.823 bits per heavy atom. The van der Waals surface area contributed by atoms with Crippen molar-refractivity contribution in [3.05, 3.63) is 241 Å². The Morgan fingerprint density at radius 3 is 1.55 bits per heavy atom. The van der Waals surface area contributed by atoms with E-state index in [0.717, 1.165) is 61.1 Å². The molecule has 0 aliphatic heterocycles. The highest BCUT2D eigenvalue weighted by molar-refractivity contribution is 6.12. The third-order valence-electron chi connectivity index (χ3n) is 13.1. The van der Waals surface area contributed by atoms with Gasteiger partial charge >= 0.3 is 0 Å². The molecule has 3 heteroatoms. The van der Waals surface area contributed by atoms with E-state index in [1.807, 2.05) is 18.2 Å². The van der Waals surface area contributed by atoms with Gasteiger partial charge in [-0.05, 0) is 97.1 Å². The van der Waals surface area contributed by atoms with E-state index in [4.69, 9.17) is 14.4 Å². The summed E-state index contributed by atoms with van der Waals surface area (Å²) in [6, 6.07) is 78.7. The lowest BCUT2D eigenvalue weighted by Gasteiger charge is -2.35. The number of hydrogen-bond donors (Lipinski definition) is 0. The zero-order valence-electron chi connectivity index (χ0n) is 33.6. The van der Waals surface area contributed by atoms with Crippen molar-refractivity contribution in [3.8, 4) is 78.4 Å². The van der Waals surface area contributed by atoms with Gasteiger partial charge in [-0.3, -0.25) is 0 Å². The summed E-state index contributed by atoms with van der Waals surface area (Å²) in [5, 5.41) is 2.12. The van der Waals surface area contributed by atoms with Gasteiger partial charge in [0.15, 0.2) is 5.82 Å². The molecular weight excluding hydrogens is 753 g/mol. The molecule has 0 N–H and O–H groups in total. The lowest BCUT2D eigenvalue weighted by Crippen LogP contribution is -2.29. The molecule has 0 unspecified atom stereocenters. The van der Waals surface area contributed by atoms with Crippen molar-refractivity contribution in [1.82, 2.24) is 9.97 Å². The quantitative estimate of drug-likeness (QED) is 0.178. The highest BCUT2D eigenvalue weighted by Crippen LogP contribution is 2.61. The minimum absolute atomic E-state index is 0.555. The fourth-order valence-corrected chi connectivity index (χ4v) is 10.5. The first-order valence-electron chi connectivity index (χ1n) is 21.2. The normalized spacial score (nSPS) is 13.0. The predicted molar refractivity (Wildman–Crippen MR) is 253 cm³/mol. The summed E-state index contributed by atoms with van der Waals surface area (Å²) in [5.74, 6) is 0.669. The van der Waals surface area contributed by atoms with Gasteiger partial charge in [0.25, 0.3) is 0 Å². The molecule has 0 bridgehead atoms. The zero-order chi connectivity index (χ0) is 40.8. The number of benzene rings is 9. The minimum Gasteiger partial charge on any atom is -0.456 e. The molecule has 288 valence electrons. The van der Waals surface area contributed by atoms with Crippen LogP contribution in [0.4, 0.5) is 0 Å². The van der Waals surface area contributed by atoms with Crippen molar-refractivity contribution >= 4 is 21.9 Å². The van der Waals surface area contributed by atoms with E-state index in [1.54, 1.807) is 0 Å². The van der Waals surface area contributed by atoms with Gasteiger partial charge in [0.2, 0.25) is 0 Å². The zero-order valence-corrected chi connectivity index (χ0v) is 33.6. The third-order valence-corrected chi connectivity index (χ3v) is 13.1. The largest absolute Gasteiger partial charge is 0.456 e. The van der Waals surface area contributed by atoms with Crippen molar-refractivity contribution in [3.63, 3.8) is 0 Å². The molecule has 3 nitrogen and oxygen atoms in total. The maximum atomic E-state index is 6.38. The van der Waals surface area contributed by atoms with E-state index in [1.165, 1.54) is 55.6 Å². The molecular formula is C59H36N2O. The van der Waals surface area contributed by atoms with Crippen LogP contribution >= 0.6 is 0 Å². The maximum Gasteiger partial charge on any atom is 0.160 e. The van der Waals surface area contributed by atoms with Gasteiger partial charge in [0, 0.05) is 27.5 Å². The molecule has 1 spiro atoms. The average molecular weight is 789 g/mol. The Bertz CT molecular complexity index is 3530. The van der Waals surface area contributed by atoms with E-state index in [-0.39, 0.29) is 0 Å². The molecule has 9 aromatic carbocycles. The second-order valence-corrected chi connectivity index (χ2v) is 16.4. The van der Waals surface area contributed by atoms with Gasteiger partial charge in [0.05, 0.1) is 16.8 Å². The van der Waals surface area contributed by atoms with Crippen molar-refractivity contribution in [2.75, 3.05) is 0 Å². The van der Waals surface area contributed by atoms with Crippen LogP contribution in [0, 0.1) is 0 Å². The molecule has 2 aliphatic carbocycles. The number of fused-ring (bicyclic) bond motifs is 15.